The van der Waals surface area contributed by atoms with Crippen LogP contribution in [0.4, 0.5) is 21.6 Å². The smallest absolute Gasteiger partial charge is 0.249 e. The number of nitrogens with zero attached hydrogens (tertiary/aromatic N) is 3. The number of hydrogen-bond acceptors (Lipinski definition) is 6. The maximum Gasteiger partial charge on any atom is 0.249 e. The Bertz CT molecular complexity index is 1250. The zero-order valence-electron chi connectivity index (χ0n) is 18.4. The first-order chi connectivity index (χ1) is 15.8. The van der Waals surface area contributed by atoms with Gasteiger partial charge in [-0.15, -0.1) is 0 Å². The number of halogens is 2. The number of hydrogen-bond donors (Lipinski definition) is 2. The Hall–Kier alpha value is -3.67. The molecule has 7 nitrogen and oxygen atoms in total. The zero-order valence-corrected chi connectivity index (χ0v) is 19.2. The maximum atomic E-state index is 13.6. The summed E-state index contributed by atoms with van der Waals surface area (Å²) in [6, 6.07) is 11.5. The molecule has 3 rings (SSSR count). The second-order valence-corrected chi connectivity index (χ2v) is 7.75. The number of rotatable bonds is 8. The van der Waals surface area contributed by atoms with Crippen LogP contribution >= 0.6 is 11.6 Å². The lowest BCUT2D eigenvalue weighted by atomic mass is 10.1. The number of carbonyl (C=O) groups is 1. The van der Waals surface area contributed by atoms with E-state index in [1.807, 2.05) is 25.9 Å². The molecule has 9 heteroatoms. The molecular weight excluding hydrogens is 445 g/mol. The summed E-state index contributed by atoms with van der Waals surface area (Å²) in [5.41, 5.74) is 1.51. The number of aromatic nitrogens is 1. The summed E-state index contributed by atoms with van der Waals surface area (Å²) in [6.07, 6.45) is 3.09. The third kappa shape index (κ3) is 5.98. The third-order valence-electron chi connectivity index (χ3n) is 4.55. The molecule has 0 fully saturated rings. The molecule has 0 bridgehead atoms. The Morgan fingerprint density at radius 2 is 2.09 bits per heavy atom. The first-order valence-corrected chi connectivity index (χ1v) is 10.5. The van der Waals surface area contributed by atoms with Crippen LogP contribution in [0.25, 0.3) is 10.9 Å². The van der Waals surface area contributed by atoms with Crippen LogP contribution in [-0.2, 0) is 4.79 Å². The van der Waals surface area contributed by atoms with E-state index in [1.165, 1.54) is 24.3 Å². The van der Waals surface area contributed by atoms with Gasteiger partial charge in [-0.1, -0.05) is 17.7 Å². The van der Waals surface area contributed by atoms with Gasteiger partial charge in [0.2, 0.25) is 5.91 Å². The fourth-order valence-corrected chi connectivity index (χ4v) is 3.26. The first kappa shape index (κ1) is 24.0. The zero-order chi connectivity index (χ0) is 24.0. The van der Waals surface area contributed by atoms with E-state index < -0.39 is 11.7 Å². The molecule has 0 saturated heterocycles. The minimum Gasteiger partial charge on any atom is -0.494 e. The number of nitriles is 1. The molecule has 0 atom stereocenters. The average Bonchev–Trinajstić information content (AvgIpc) is 2.76. The van der Waals surface area contributed by atoms with E-state index in [1.54, 1.807) is 24.3 Å². The van der Waals surface area contributed by atoms with Crippen LogP contribution in [0.5, 0.6) is 5.75 Å². The summed E-state index contributed by atoms with van der Waals surface area (Å²) >= 11 is 5.92. The largest absolute Gasteiger partial charge is 0.494 e. The number of ether oxygens (including phenoxy) is 1. The Morgan fingerprint density at radius 1 is 1.30 bits per heavy atom. The van der Waals surface area contributed by atoms with Crippen molar-refractivity contribution in [3.8, 4) is 11.8 Å². The lowest BCUT2D eigenvalue weighted by Crippen LogP contribution is -2.14. The molecule has 170 valence electrons. The molecule has 1 amide bonds. The minimum absolute atomic E-state index is 0.0601. The van der Waals surface area contributed by atoms with Gasteiger partial charge in [-0.2, -0.15) is 5.26 Å². The molecule has 0 spiro atoms. The van der Waals surface area contributed by atoms with Gasteiger partial charge in [0.25, 0.3) is 0 Å². The molecular formula is C24H23ClFN5O2. The lowest BCUT2D eigenvalue weighted by molar-refractivity contribution is -0.111. The molecule has 0 radical (unpaired) electrons. The SMILES string of the molecule is CCOc1ccc2c(Nc3ccc(F)c(Cl)c3)c(C#N)c(NC(=O)C=CCN(C)C)nc2c1. The third-order valence-corrected chi connectivity index (χ3v) is 4.84. The fourth-order valence-electron chi connectivity index (χ4n) is 3.08. The van der Waals surface area contributed by atoms with E-state index in [-0.39, 0.29) is 16.4 Å². The molecule has 0 aliphatic rings. The number of anilines is 3. The highest BCUT2D eigenvalue weighted by atomic mass is 35.5. The normalized spacial score (nSPS) is 11.1. The van der Waals surface area contributed by atoms with Crippen molar-refractivity contribution < 1.29 is 13.9 Å². The molecule has 0 aliphatic carbocycles. The van der Waals surface area contributed by atoms with Gasteiger partial charge >= 0.3 is 0 Å². The van der Waals surface area contributed by atoms with E-state index in [4.69, 9.17) is 16.3 Å². The van der Waals surface area contributed by atoms with Gasteiger partial charge in [0.15, 0.2) is 5.82 Å². The molecule has 1 aromatic heterocycles. The monoisotopic (exact) mass is 467 g/mol. The predicted octanol–water partition coefficient (Wildman–Crippen LogP) is 5.10. The highest BCUT2D eigenvalue weighted by Crippen LogP contribution is 2.35. The Morgan fingerprint density at radius 3 is 2.76 bits per heavy atom. The summed E-state index contributed by atoms with van der Waals surface area (Å²) in [5, 5.41) is 16.3. The quantitative estimate of drug-likeness (QED) is 0.448. The summed E-state index contributed by atoms with van der Waals surface area (Å²) in [4.78, 5) is 18.9. The number of fused-ring (bicyclic) bond motifs is 1. The Labute approximate surface area is 196 Å². The van der Waals surface area contributed by atoms with Crippen LogP contribution < -0.4 is 15.4 Å². The molecule has 33 heavy (non-hydrogen) atoms. The number of amides is 1. The summed E-state index contributed by atoms with van der Waals surface area (Å²) < 4.78 is 19.2. The van der Waals surface area contributed by atoms with E-state index in [2.05, 4.69) is 21.7 Å². The molecule has 2 aromatic carbocycles. The summed E-state index contributed by atoms with van der Waals surface area (Å²) in [7, 11) is 3.77. The number of likely N-dealkylation sites (N-methyl/N-ethyl adjacent to an activating group) is 1. The fraction of sp³-hybridized carbons (Fsp3) is 0.208. The van der Waals surface area contributed by atoms with Crippen molar-refractivity contribution >= 4 is 45.6 Å². The van der Waals surface area contributed by atoms with Crippen LogP contribution in [-0.4, -0.2) is 43.0 Å². The van der Waals surface area contributed by atoms with Crippen LogP contribution in [0.1, 0.15) is 12.5 Å². The van der Waals surface area contributed by atoms with Crippen LogP contribution in [0.3, 0.4) is 0 Å². The average molecular weight is 468 g/mol. The highest BCUT2D eigenvalue weighted by molar-refractivity contribution is 6.31. The van der Waals surface area contributed by atoms with Gasteiger partial charge in [0.1, 0.15) is 23.2 Å². The van der Waals surface area contributed by atoms with Gasteiger partial charge in [-0.3, -0.25) is 4.79 Å². The van der Waals surface area contributed by atoms with Crippen LogP contribution in [0.2, 0.25) is 5.02 Å². The van der Waals surface area contributed by atoms with Gasteiger partial charge < -0.3 is 20.3 Å². The lowest BCUT2D eigenvalue weighted by Gasteiger charge is -2.16. The number of pyridine rings is 1. The second kappa shape index (κ2) is 10.8. The van der Waals surface area contributed by atoms with Crippen LogP contribution in [0.15, 0.2) is 48.6 Å². The van der Waals surface area contributed by atoms with Crippen molar-refractivity contribution in [1.29, 1.82) is 5.26 Å². The van der Waals surface area contributed by atoms with Crippen molar-refractivity contribution in [2.24, 2.45) is 0 Å². The number of carbonyl (C=O) groups excluding carboxylic acids is 1. The van der Waals surface area contributed by atoms with E-state index in [0.29, 0.717) is 41.2 Å². The first-order valence-electron chi connectivity index (χ1n) is 10.2. The van der Waals surface area contributed by atoms with Crippen LogP contribution in [0, 0.1) is 17.1 Å². The molecule has 3 aromatic rings. The van der Waals surface area contributed by atoms with E-state index >= 15 is 0 Å². The Kier molecular flexibility index (Phi) is 7.83. The van der Waals surface area contributed by atoms with E-state index in [0.717, 1.165) is 0 Å². The topological polar surface area (TPSA) is 90.3 Å². The summed E-state index contributed by atoms with van der Waals surface area (Å²) in [6.45, 7) is 2.92. The van der Waals surface area contributed by atoms with Gasteiger partial charge in [0, 0.05) is 29.8 Å². The summed E-state index contributed by atoms with van der Waals surface area (Å²) in [5.74, 6) is -0.284. The van der Waals surface area contributed by atoms with Crippen molar-refractivity contribution in [3.63, 3.8) is 0 Å². The molecule has 0 unspecified atom stereocenters. The molecule has 0 aliphatic heterocycles. The molecule has 2 N–H and O–H groups in total. The molecule has 1 heterocycles. The van der Waals surface area contributed by atoms with Gasteiger partial charge in [-0.05, 0) is 51.4 Å². The van der Waals surface area contributed by atoms with Gasteiger partial charge in [0.05, 0.1) is 22.8 Å². The van der Waals surface area contributed by atoms with Crippen molar-refractivity contribution in [1.82, 2.24) is 9.88 Å². The van der Waals surface area contributed by atoms with Gasteiger partial charge in [-0.25, -0.2) is 9.37 Å². The molecule has 0 saturated carbocycles. The second-order valence-electron chi connectivity index (χ2n) is 7.34. The minimum atomic E-state index is -0.555. The van der Waals surface area contributed by atoms with Crippen molar-refractivity contribution in [3.05, 3.63) is 65.0 Å². The Balaban J connectivity index is 2.10. The highest BCUT2D eigenvalue weighted by Gasteiger charge is 2.18. The standard InChI is InChI=1S/C24H23ClFN5O2/c1-4-33-16-8-9-17-21(13-16)29-24(30-22(32)6-5-11-31(2)3)18(14-27)23(17)28-15-7-10-20(26)19(25)12-15/h5-10,12-13H,4,11H2,1-3H3,(H2,28,29,30,32). The van der Waals surface area contributed by atoms with E-state index in [9.17, 15) is 14.4 Å². The maximum absolute atomic E-state index is 13.6. The number of benzene rings is 2. The predicted molar refractivity (Wildman–Crippen MR) is 129 cm³/mol. The van der Waals surface area contributed by atoms with Crippen molar-refractivity contribution in [2.75, 3.05) is 37.9 Å². The van der Waals surface area contributed by atoms with Crippen molar-refractivity contribution in [2.45, 2.75) is 6.92 Å². The number of nitrogens with one attached hydrogen (secondary N) is 2.